The van der Waals surface area contributed by atoms with Crippen LogP contribution < -0.4 is 10.2 Å². The monoisotopic (exact) mass is 579 g/mol. The Balaban J connectivity index is 1.24. The van der Waals surface area contributed by atoms with E-state index >= 15 is 0 Å². The number of anilines is 2. The van der Waals surface area contributed by atoms with Gasteiger partial charge in [0.05, 0.1) is 16.5 Å². The third-order valence-electron chi connectivity index (χ3n) is 10.6. The number of carbonyl (C=O) groups excluding carboxylic acids is 2. The fourth-order valence-corrected chi connectivity index (χ4v) is 8.32. The molecule has 0 unspecified atom stereocenters. The van der Waals surface area contributed by atoms with Crippen molar-refractivity contribution < 1.29 is 14.5 Å². The van der Waals surface area contributed by atoms with Crippen molar-refractivity contribution in [1.29, 1.82) is 0 Å². The van der Waals surface area contributed by atoms with Gasteiger partial charge in [-0.3, -0.25) is 19.7 Å². The fourth-order valence-electron chi connectivity index (χ4n) is 8.32. The SMILES string of the molecule is CC(C)c1ccc2c(c1)CC[C@@H]1[C@](C)(CNc3ccc(N4C(=O)C[C@H](c5ccccc5)C4=O)cc3[N+](=O)[O-])CCC[C@@]21C. The van der Waals surface area contributed by atoms with Crippen LogP contribution in [0.5, 0.6) is 0 Å². The van der Waals surface area contributed by atoms with Crippen LogP contribution in [0.2, 0.25) is 0 Å². The lowest BCUT2D eigenvalue weighted by atomic mass is 9.49. The van der Waals surface area contributed by atoms with Gasteiger partial charge >= 0.3 is 0 Å². The average molecular weight is 580 g/mol. The van der Waals surface area contributed by atoms with Gasteiger partial charge in [-0.15, -0.1) is 0 Å². The molecular weight excluding hydrogens is 538 g/mol. The van der Waals surface area contributed by atoms with Gasteiger partial charge in [0.15, 0.2) is 0 Å². The summed E-state index contributed by atoms with van der Waals surface area (Å²) in [4.78, 5) is 39.1. The maximum absolute atomic E-state index is 13.3. The number of aryl methyl sites for hydroxylation is 1. The van der Waals surface area contributed by atoms with E-state index in [0.29, 0.717) is 24.1 Å². The van der Waals surface area contributed by atoms with Gasteiger partial charge in [0.25, 0.3) is 5.69 Å². The highest BCUT2D eigenvalue weighted by atomic mass is 16.6. The standard InChI is InChI=1S/C36H41N3O4/c1-23(2)25-11-14-29-26(19-25)12-16-32-35(3,17-8-18-36(29,32)4)22-37-30-15-13-27(20-31(30)39(42)43)38-33(40)21-28(34(38)41)24-9-6-5-7-10-24/h5-7,9-11,13-15,19-20,23,28,32,37H,8,12,16-18,21-22H2,1-4H3/t28-,32-,35+,36+/m1/s1. The summed E-state index contributed by atoms with van der Waals surface area (Å²) in [6.07, 6.45) is 5.53. The molecule has 2 fully saturated rings. The molecule has 2 amide bonds. The Hall–Kier alpha value is -4.00. The summed E-state index contributed by atoms with van der Waals surface area (Å²) >= 11 is 0. The van der Waals surface area contributed by atoms with Gasteiger partial charge in [-0.05, 0) is 82.7 Å². The topological polar surface area (TPSA) is 92.6 Å². The van der Waals surface area contributed by atoms with E-state index < -0.39 is 10.8 Å². The number of imide groups is 1. The molecule has 0 aromatic heterocycles. The van der Waals surface area contributed by atoms with Crippen molar-refractivity contribution in [3.63, 3.8) is 0 Å². The van der Waals surface area contributed by atoms with Crippen molar-refractivity contribution in [2.75, 3.05) is 16.8 Å². The zero-order valence-electron chi connectivity index (χ0n) is 25.6. The first-order chi connectivity index (χ1) is 20.5. The molecule has 4 atom stereocenters. The normalized spacial score (nSPS) is 26.8. The maximum atomic E-state index is 13.3. The minimum absolute atomic E-state index is 0.0439. The largest absolute Gasteiger partial charge is 0.379 e. The molecule has 7 nitrogen and oxygen atoms in total. The molecule has 0 spiro atoms. The van der Waals surface area contributed by atoms with E-state index in [1.807, 2.05) is 30.3 Å². The quantitative estimate of drug-likeness (QED) is 0.175. The summed E-state index contributed by atoms with van der Waals surface area (Å²) < 4.78 is 0. The molecule has 3 aromatic rings. The summed E-state index contributed by atoms with van der Waals surface area (Å²) in [7, 11) is 0. The average Bonchev–Trinajstić information content (AvgIpc) is 3.29. The molecule has 1 saturated heterocycles. The van der Waals surface area contributed by atoms with Gasteiger partial charge in [-0.1, -0.05) is 82.6 Å². The number of rotatable bonds is 7. The van der Waals surface area contributed by atoms with E-state index in [-0.39, 0.29) is 40.4 Å². The van der Waals surface area contributed by atoms with Crippen molar-refractivity contribution in [2.45, 2.75) is 83.5 Å². The van der Waals surface area contributed by atoms with Crippen molar-refractivity contribution in [1.82, 2.24) is 0 Å². The van der Waals surface area contributed by atoms with Crippen LogP contribution in [0.1, 0.15) is 93.9 Å². The summed E-state index contributed by atoms with van der Waals surface area (Å²) in [6, 6.07) is 20.9. The fraction of sp³-hybridized carbons (Fsp3) is 0.444. The van der Waals surface area contributed by atoms with Gasteiger partial charge in [-0.2, -0.15) is 0 Å². The van der Waals surface area contributed by atoms with Crippen LogP contribution in [-0.2, 0) is 21.4 Å². The lowest BCUT2D eigenvalue weighted by molar-refractivity contribution is -0.383. The predicted molar refractivity (Wildman–Crippen MR) is 170 cm³/mol. The van der Waals surface area contributed by atoms with E-state index in [1.54, 1.807) is 12.1 Å². The number of nitro benzene ring substituents is 1. The number of hydrogen-bond acceptors (Lipinski definition) is 5. The van der Waals surface area contributed by atoms with Crippen molar-refractivity contribution in [2.24, 2.45) is 11.3 Å². The first-order valence-electron chi connectivity index (χ1n) is 15.6. The third-order valence-corrected chi connectivity index (χ3v) is 10.6. The molecule has 224 valence electrons. The van der Waals surface area contributed by atoms with Crippen LogP contribution in [-0.4, -0.2) is 23.3 Å². The maximum Gasteiger partial charge on any atom is 0.294 e. The summed E-state index contributed by atoms with van der Waals surface area (Å²) in [5, 5.41) is 15.7. The first-order valence-corrected chi connectivity index (χ1v) is 15.6. The minimum atomic E-state index is -0.580. The van der Waals surface area contributed by atoms with Crippen molar-refractivity contribution in [3.05, 3.63) is 99.1 Å². The second kappa shape index (κ2) is 10.9. The molecule has 1 aliphatic heterocycles. The van der Waals surface area contributed by atoms with E-state index in [2.05, 4.69) is 51.2 Å². The number of nitrogens with zero attached hydrogens (tertiary/aromatic N) is 2. The summed E-state index contributed by atoms with van der Waals surface area (Å²) in [6.45, 7) is 9.86. The number of fused-ring (bicyclic) bond motifs is 3. The highest BCUT2D eigenvalue weighted by Gasteiger charge is 2.51. The number of nitrogens with one attached hydrogen (secondary N) is 1. The number of hydrogen-bond donors (Lipinski definition) is 1. The number of nitro groups is 1. The Morgan fingerprint density at radius 2 is 1.79 bits per heavy atom. The molecule has 2 aliphatic carbocycles. The minimum Gasteiger partial charge on any atom is -0.379 e. The number of benzene rings is 3. The van der Waals surface area contributed by atoms with Gasteiger partial charge < -0.3 is 5.32 Å². The zero-order chi connectivity index (χ0) is 30.5. The first kappa shape index (κ1) is 29.1. The molecule has 0 bridgehead atoms. The third kappa shape index (κ3) is 5.02. The number of amides is 2. The highest BCUT2D eigenvalue weighted by Crippen LogP contribution is 2.57. The Labute approximate surface area is 253 Å². The predicted octanol–water partition coefficient (Wildman–Crippen LogP) is 7.89. The van der Waals surface area contributed by atoms with Gasteiger partial charge in [0.2, 0.25) is 11.8 Å². The second-order valence-electron chi connectivity index (χ2n) is 13.6. The van der Waals surface area contributed by atoms with Gasteiger partial charge in [0.1, 0.15) is 5.69 Å². The summed E-state index contributed by atoms with van der Waals surface area (Å²) in [5.41, 5.74) is 5.68. The summed E-state index contributed by atoms with van der Waals surface area (Å²) in [5.74, 6) is -0.319. The Morgan fingerprint density at radius 1 is 1.02 bits per heavy atom. The molecule has 43 heavy (non-hydrogen) atoms. The highest BCUT2D eigenvalue weighted by molar-refractivity contribution is 6.22. The van der Waals surface area contributed by atoms with E-state index in [0.717, 1.165) is 42.6 Å². The molecule has 0 radical (unpaired) electrons. The molecule has 1 saturated carbocycles. The lowest BCUT2D eigenvalue weighted by Gasteiger charge is -2.55. The second-order valence-corrected chi connectivity index (χ2v) is 13.6. The van der Waals surface area contributed by atoms with E-state index in [9.17, 15) is 19.7 Å². The van der Waals surface area contributed by atoms with Gasteiger partial charge in [0, 0.05) is 19.0 Å². The van der Waals surface area contributed by atoms with E-state index in [4.69, 9.17) is 0 Å². The molecule has 7 heteroatoms. The molecule has 3 aliphatic rings. The lowest BCUT2D eigenvalue weighted by Crippen LogP contribution is -2.51. The molecular formula is C36H41N3O4. The Morgan fingerprint density at radius 3 is 2.51 bits per heavy atom. The Bertz CT molecular complexity index is 1580. The van der Waals surface area contributed by atoms with Crippen LogP contribution in [0.25, 0.3) is 0 Å². The van der Waals surface area contributed by atoms with Crippen LogP contribution in [0.3, 0.4) is 0 Å². The zero-order valence-corrected chi connectivity index (χ0v) is 25.6. The molecule has 1 heterocycles. The van der Waals surface area contributed by atoms with E-state index in [1.165, 1.54) is 22.8 Å². The van der Waals surface area contributed by atoms with Crippen LogP contribution in [0.4, 0.5) is 17.1 Å². The van der Waals surface area contributed by atoms with Crippen LogP contribution in [0, 0.1) is 21.4 Å². The molecule has 6 rings (SSSR count). The smallest absolute Gasteiger partial charge is 0.294 e. The molecule has 3 aromatic carbocycles. The van der Waals surface area contributed by atoms with Gasteiger partial charge in [-0.25, -0.2) is 4.90 Å². The van der Waals surface area contributed by atoms with Crippen LogP contribution in [0.15, 0.2) is 66.7 Å². The van der Waals surface area contributed by atoms with Crippen molar-refractivity contribution >= 4 is 28.9 Å². The van der Waals surface area contributed by atoms with Crippen molar-refractivity contribution in [3.8, 4) is 0 Å². The Kier molecular flexibility index (Phi) is 7.39. The van der Waals surface area contributed by atoms with Crippen LogP contribution >= 0.6 is 0 Å². The number of carbonyl (C=O) groups is 2. The molecule has 1 N–H and O–H groups in total.